The van der Waals surface area contributed by atoms with Gasteiger partial charge in [0.15, 0.2) is 5.65 Å². The zero-order chi connectivity index (χ0) is 25.1. The second-order valence-corrected chi connectivity index (χ2v) is 11.2. The van der Waals surface area contributed by atoms with E-state index in [-0.39, 0.29) is 10.8 Å². The van der Waals surface area contributed by atoms with E-state index in [0.29, 0.717) is 43.7 Å². The van der Waals surface area contributed by atoms with Gasteiger partial charge in [-0.15, -0.1) is 0 Å². The molecule has 1 aliphatic heterocycles. The first-order valence-electron chi connectivity index (χ1n) is 11.4. The number of aromatic nitrogens is 4. The number of sulfonamides is 1. The molecule has 184 valence electrons. The lowest BCUT2D eigenvalue weighted by Crippen LogP contribution is -2.38. The van der Waals surface area contributed by atoms with Crippen molar-refractivity contribution in [3.05, 3.63) is 82.3 Å². The first kappa shape index (κ1) is 24.2. The van der Waals surface area contributed by atoms with Gasteiger partial charge in [0.05, 0.1) is 15.6 Å². The number of hydrogen-bond acceptors (Lipinski definition) is 7. The number of pyridine rings is 1. The Morgan fingerprint density at radius 2 is 1.94 bits per heavy atom. The van der Waals surface area contributed by atoms with Gasteiger partial charge in [0.2, 0.25) is 10.0 Å². The highest BCUT2D eigenvalue weighted by Crippen LogP contribution is 2.33. The van der Waals surface area contributed by atoms with Crippen LogP contribution in [0.2, 0.25) is 0 Å². The molecule has 1 saturated heterocycles. The van der Waals surface area contributed by atoms with E-state index in [1.807, 2.05) is 24.4 Å². The summed E-state index contributed by atoms with van der Waals surface area (Å²) >= 11 is 3.55. The highest BCUT2D eigenvalue weighted by molar-refractivity contribution is 9.10. The van der Waals surface area contributed by atoms with Crippen molar-refractivity contribution in [3.63, 3.8) is 0 Å². The Morgan fingerprint density at radius 1 is 1.14 bits per heavy atom. The molecule has 9 nitrogen and oxygen atoms in total. The molecule has 0 atom stereocenters. The van der Waals surface area contributed by atoms with Gasteiger partial charge in [-0.25, -0.2) is 13.4 Å². The van der Waals surface area contributed by atoms with E-state index < -0.39 is 10.0 Å². The highest BCUT2D eigenvalue weighted by Gasteiger charge is 2.32. The second-order valence-electron chi connectivity index (χ2n) is 8.45. The van der Waals surface area contributed by atoms with Crippen LogP contribution >= 0.6 is 15.9 Å². The van der Waals surface area contributed by atoms with Crippen molar-refractivity contribution < 1.29 is 8.42 Å². The zero-order valence-electron chi connectivity index (χ0n) is 19.3. The summed E-state index contributed by atoms with van der Waals surface area (Å²) in [5.74, 6) is 3.62. The number of fused-ring (bicyclic) bond motifs is 1. The fraction of sp³-hybridized carbons (Fsp3) is 0.240. The Hall–Kier alpha value is -3.46. The van der Waals surface area contributed by atoms with Gasteiger partial charge < -0.3 is 11.1 Å². The lowest BCUT2D eigenvalue weighted by atomic mass is 9.94. The predicted molar refractivity (Wildman–Crippen MR) is 140 cm³/mol. The molecule has 1 aliphatic rings. The van der Waals surface area contributed by atoms with Crippen LogP contribution in [0.4, 0.5) is 5.82 Å². The molecule has 11 heteroatoms. The SMILES string of the molecule is NC#Cc1ccccc1S(=O)(=O)N1CCC(c2cc(NCc3cccnc3)n3ncc(Br)c3n2)CC1. The number of rotatable bonds is 6. The van der Waals surface area contributed by atoms with Crippen molar-refractivity contribution in [2.24, 2.45) is 5.73 Å². The molecular weight excluding hydrogens is 542 g/mol. The summed E-state index contributed by atoms with van der Waals surface area (Å²) in [7, 11) is -3.69. The first-order valence-corrected chi connectivity index (χ1v) is 13.7. The van der Waals surface area contributed by atoms with E-state index in [0.717, 1.165) is 21.5 Å². The monoisotopic (exact) mass is 565 g/mol. The molecule has 1 aromatic carbocycles. The van der Waals surface area contributed by atoms with Gasteiger partial charge in [0.25, 0.3) is 0 Å². The van der Waals surface area contributed by atoms with E-state index >= 15 is 0 Å². The Bertz CT molecular complexity index is 1550. The quantitative estimate of drug-likeness (QED) is 0.272. The summed E-state index contributed by atoms with van der Waals surface area (Å²) in [6, 6.07) is 14.9. The lowest BCUT2D eigenvalue weighted by Gasteiger charge is -2.31. The van der Waals surface area contributed by atoms with Gasteiger partial charge in [0, 0.05) is 61.3 Å². The van der Waals surface area contributed by atoms with Crippen LogP contribution < -0.4 is 11.1 Å². The Morgan fingerprint density at radius 3 is 2.69 bits per heavy atom. The summed E-state index contributed by atoms with van der Waals surface area (Å²) in [6.45, 7) is 1.37. The number of hydrogen-bond donors (Lipinski definition) is 2. The molecule has 0 bridgehead atoms. The molecule has 0 aliphatic carbocycles. The minimum absolute atomic E-state index is 0.112. The molecule has 5 rings (SSSR count). The maximum atomic E-state index is 13.4. The largest absolute Gasteiger partial charge is 0.366 e. The summed E-state index contributed by atoms with van der Waals surface area (Å²) in [5.41, 5.74) is 8.42. The Kier molecular flexibility index (Phi) is 6.91. The molecule has 0 unspecified atom stereocenters. The third kappa shape index (κ3) is 4.80. The van der Waals surface area contributed by atoms with Crippen LogP contribution in [0.15, 0.2) is 70.4 Å². The molecule has 1 fully saturated rings. The summed E-state index contributed by atoms with van der Waals surface area (Å²) in [6.07, 6.45) is 6.59. The van der Waals surface area contributed by atoms with Gasteiger partial charge >= 0.3 is 0 Å². The van der Waals surface area contributed by atoms with E-state index in [2.05, 4.69) is 43.3 Å². The molecule has 4 aromatic rings. The summed E-state index contributed by atoms with van der Waals surface area (Å²) in [5, 5.41) is 7.88. The normalized spacial score (nSPS) is 14.9. The molecule has 3 N–H and O–H groups in total. The molecule has 4 heterocycles. The fourth-order valence-corrected chi connectivity index (χ4v) is 6.35. The van der Waals surface area contributed by atoms with E-state index in [9.17, 15) is 8.42 Å². The van der Waals surface area contributed by atoms with Gasteiger partial charge in [-0.05, 0) is 58.5 Å². The maximum Gasteiger partial charge on any atom is 0.244 e. The van der Waals surface area contributed by atoms with Crippen LogP contribution in [-0.4, -0.2) is 45.4 Å². The molecule has 0 radical (unpaired) electrons. The Balaban J connectivity index is 1.37. The molecule has 3 aromatic heterocycles. The van der Waals surface area contributed by atoms with E-state index in [1.165, 1.54) is 4.31 Å². The average molecular weight is 566 g/mol. The van der Waals surface area contributed by atoms with Gasteiger partial charge in [0.1, 0.15) is 5.82 Å². The summed E-state index contributed by atoms with van der Waals surface area (Å²) < 4.78 is 30.8. The first-order chi connectivity index (χ1) is 17.5. The standard InChI is InChI=1S/C25H24BrN7O2S/c26-21-17-30-33-24(29-16-18-4-3-11-28-15-18)14-22(31-25(21)33)19-8-12-32(13-9-19)36(34,35)23-6-2-1-5-20(23)7-10-27/h1-6,11,14-15,17,19,29H,8-9,12-13,16,27H2. The average Bonchev–Trinajstić information content (AvgIpc) is 3.29. The summed E-state index contributed by atoms with van der Waals surface area (Å²) in [4.78, 5) is 9.21. The Labute approximate surface area is 217 Å². The van der Waals surface area contributed by atoms with Crippen molar-refractivity contribution in [2.75, 3.05) is 18.4 Å². The van der Waals surface area contributed by atoms with Crippen molar-refractivity contribution in [1.29, 1.82) is 0 Å². The van der Waals surface area contributed by atoms with Crippen molar-refractivity contribution >= 4 is 37.4 Å². The zero-order valence-corrected chi connectivity index (χ0v) is 21.7. The smallest absolute Gasteiger partial charge is 0.244 e. The van der Waals surface area contributed by atoms with E-state index in [1.54, 1.807) is 41.2 Å². The number of nitrogens with one attached hydrogen (secondary N) is 1. The number of benzene rings is 1. The number of nitrogens with zero attached hydrogens (tertiary/aromatic N) is 5. The minimum Gasteiger partial charge on any atom is -0.366 e. The van der Waals surface area contributed by atoms with Crippen molar-refractivity contribution in [3.8, 4) is 12.0 Å². The molecule has 36 heavy (non-hydrogen) atoms. The number of anilines is 1. The van der Waals surface area contributed by atoms with Crippen LogP contribution in [0.25, 0.3) is 5.65 Å². The van der Waals surface area contributed by atoms with Gasteiger partial charge in [-0.1, -0.05) is 18.2 Å². The lowest BCUT2D eigenvalue weighted by molar-refractivity contribution is 0.317. The third-order valence-electron chi connectivity index (χ3n) is 6.23. The number of nitrogens with two attached hydrogens (primary N) is 1. The maximum absolute atomic E-state index is 13.4. The van der Waals surface area contributed by atoms with Crippen LogP contribution in [0.3, 0.4) is 0 Å². The fourth-order valence-electron chi connectivity index (χ4n) is 4.39. The predicted octanol–water partition coefficient (Wildman–Crippen LogP) is 3.33. The topological polar surface area (TPSA) is 119 Å². The highest BCUT2D eigenvalue weighted by atomic mass is 79.9. The number of halogens is 1. The minimum atomic E-state index is -3.69. The van der Waals surface area contributed by atoms with Gasteiger partial charge in [-0.3, -0.25) is 4.98 Å². The van der Waals surface area contributed by atoms with Crippen LogP contribution in [0.1, 0.15) is 35.6 Å². The van der Waals surface area contributed by atoms with Crippen LogP contribution in [0, 0.1) is 12.0 Å². The van der Waals surface area contributed by atoms with Gasteiger partial charge in [-0.2, -0.15) is 13.9 Å². The third-order valence-corrected chi connectivity index (χ3v) is 8.75. The van der Waals surface area contributed by atoms with Crippen molar-refractivity contribution in [2.45, 2.75) is 30.2 Å². The van der Waals surface area contributed by atoms with Crippen LogP contribution in [-0.2, 0) is 16.6 Å². The van der Waals surface area contributed by atoms with Crippen LogP contribution in [0.5, 0.6) is 0 Å². The van der Waals surface area contributed by atoms with E-state index in [4.69, 9.17) is 10.7 Å². The second kappa shape index (κ2) is 10.3. The number of piperidine rings is 1. The van der Waals surface area contributed by atoms with Crippen molar-refractivity contribution in [1.82, 2.24) is 23.9 Å². The molecule has 0 saturated carbocycles. The molecular formula is C25H24BrN7O2S. The molecule has 0 spiro atoms. The molecule has 0 amide bonds.